The Morgan fingerprint density at radius 2 is 2.08 bits per heavy atom. The topological polar surface area (TPSA) is 49.3 Å². The summed E-state index contributed by atoms with van der Waals surface area (Å²) in [5.74, 6) is 0. The van der Waals surface area contributed by atoms with Gasteiger partial charge < -0.3 is 10.4 Å². The predicted octanol–water partition coefficient (Wildman–Crippen LogP) is 2.18. The van der Waals surface area contributed by atoms with Crippen LogP contribution < -0.4 is 5.32 Å². The molecular weight excluding hydrogens is 166 g/mol. The van der Waals surface area contributed by atoms with E-state index in [4.69, 9.17) is 5.11 Å². The summed E-state index contributed by atoms with van der Waals surface area (Å²) in [7, 11) is 0. The lowest BCUT2D eigenvalue weighted by Gasteiger charge is -2.11. The van der Waals surface area contributed by atoms with Gasteiger partial charge in [0.15, 0.2) is 0 Å². The second kappa shape index (κ2) is 4.30. The number of nitrogens with one attached hydrogen (secondary N) is 1. The number of benzene rings is 1. The van der Waals surface area contributed by atoms with Crippen molar-refractivity contribution < 1.29 is 9.90 Å². The minimum absolute atomic E-state index is 0.335. The third-order valence-electron chi connectivity index (χ3n) is 1.67. The molecule has 1 aromatic rings. The summed E-state index contributed by atoms with van der Waals surface area (Å²) >= 11 is 0. The molecule has 1 amide bonds. The van der Waals surface area contributed by atoms with E-state index >= 15 is 0 Å². The van der Waals surface area contributed by atoms with Gasteiger partial charge in [0.05, 0.1) is 6.04 Å². The largest absolute Gasteiger partial charge is 0.465 e. The highest BCUT2D eigenvalue weighted by Crippen LogP contribution is 2.12. The molecule has 0 aliphatic carbocycles. The van der Waals surface area contributed by atoms with Crippen LogP contribution in [-0.4, -0.2) is 11.2 Å². The standard InChI is InChI=1S/C10H11NO2/c1-2-9(11-10(12)13)8-6-4-3-5-7-8/h2-7,9,11H,1H2,(H,12,13)/t9-/m1/s1. The molecule has 0 saturated heterocycles. The number of hydrogen-bond acceptors (Lipinski definition) is 1. The van der Waals surface area contributed by atoms with Crippen molar-refractivity contribution in [2.45, 2.75) is 6.04 Å². The highest BCUT2D eigenvalue weighted by Gasteiger charge is 2.08. The summed E-state index contributed by atoms with van der Waals surface area (Å²) in [5.41, 5.74) is 0.889. The van der Waals surface area contributed by atoms with E-state index in [9.17, 15) is 4.79 Å². The molecule has 0 spiro atoms. The fourth-order valence-corrected chi connectivity index (χ4v) is 1.07. The van der Waals surface area contributed by atoms with E-state index in [1.807, 2.05) is 30.3 Å². The fraction of sp³-hybridized carbons (Fsp3) is 0.100. The van der Waals surface area contributed by atoms with Gasteiger partial charge in [0, 0.05) is 0 Å². The Morgan fingerprint density at radius 3 is 2.54 bits per heavy atom. The van der Waals surface area contributed by atoms with E-state index in [1.54, 1.807) is 6.08 Å². The van der Waals surface area contributed by atoms with Crippen LogP contribution in [0.4, 0.5) is 4.79 Å². The normalized spacial score (nSPS) is 11.7. The molecular formula is C10H11NO2. The lowest BCUT2D eigenvalue weighted by atomic mass is 10.1. The van der Waals surface area contributed by atoms with E-state index in [0.717, 1.165) is 5.56 Å². The maximum atomic E-state index is 10.4. The molecule has 0 bridgehead atoms. The van der Waals surface area contributed by atoms with Crippen molar-refractivity contribution in [2.75, 3.05) is 0 Å². The first kappa shape index (κ1) is 9.32. The third-order valence-corrected chi connectivity index (χ3v) is 1.67. The van der Waals surface area contributed by atoms with Gasteiger partial charge in [-0.1, -0.05) is 36.4 Å². The predicted molar refractivity (Wildman–Crippen MR) is 50.5 cm³/mol. The Kier molecular flexibility index (Phi) is 3.09. The van der Waals surface area contributed by atoms with Gasteiger partial charge in [-0.15, -0.1) is 6.58 Å². The molecule has 1 atom stereocenters. The van der Waals surface area contributed by atoms with Crippen molar-refractivity contribution >= 4 is 6.09 Å². The zero-order valence-corrected chi connectivity index (χ0v) is 7.10. The Balaban J connectivity index is 2.78. The van der Waals surface area contributed by atoms with Crippen molar-refractivity contribution in [3.05, 3.63) is 48.6 Å². The summed E-state index contributed by atoms with van der Waals surface area (Å²) in [6.45, 7) is 3.56. The number of carbonyl (C=O) groups is 1. The minimum atomic E-state index is -1.05. The summed E-state index contributed by atoms with van der Waals surface area (Å²) in [6, 6.07) is 8.96. The zero-order valence-electron chi connectivity index (χ0n) is 7.10. The van der Waals surface area contributed by atoms with Crippen molar-refractivity contribution in [2.24, 2.45) is 0 Å². The highest BCUT2D eigenvalue weighted by molar-refractivity contribution is 5.65. The SMILES string of the molecule is C=C[C@@H](NC(=O)O)c1ccccc1. The van der Waals surface area contributed by atoms with Crippen LogP contribution in [0.2, 0.25) is 0 Å². The summed E-state index contributed by atoms with van der Waals surface area (Å²) < 4.78 is 0. The number of hydrogen-bond donors (Lipinski definition) is 2. The van der Waals surface area contributed by atoms with E-state index < -0.39 is 6.09 Å². The molecule has 0 heterocycles. The summed E-state index contributed by atoms with van der Waals surface area (Å²) in [6.07, 6.45) is 0.512. The van der Waals surface area contributed by atoms with Gasteiger partial charge in [-0.25, -0.2) is 4.79 Å². The van der Waals surface area contributed by atoms with Crippen molar-refractivity contribution in [1.82, 2.24) is 5.32 Å². The number of carboxylic acid groups (broad SMARTS) is 1. The van der Waals surface area contributed by atoms with E-state index in [2.05, 4.69) is 11.9 Å². The maximum absolute atomic E-state index is 10.4. The lowest BCUT2D eigenvalue weighted by Crippen LogP contribution is -2.24. The Morgan fingerprint density at radius 1 is 1.46 bits per heavy atom. The molecule has 1 rings (SSSR count). The highest BCUT2D eigenvalue weighted by atomic mass is 16.4. The van der Waals surface area contributed by atoms with Crippen molar-refractivity contribution in [3.8, 4) is 0 Å². The van der Waals surface area contributed by atoms with Crippen LogP contribution in [0.1, 0.15) is 11.6 Å². The molecule has 2 N–H and O–H groups in total. The van der Waals surface area contributed by atoms with Crippen LogP contribution >= 0.6 is 0 Å². The van der Waals surface area contributed by atoms with Gasteiger partial charge in [0.2, 0.25) is 0 Å². The van der Waals surface area contributed by atoms with Gasteiger partial charge in [-0.3, -0.25) is 0 Å². The molecule has 0 aromatic heterocycles. The maximum Gasteiger partial charge on any atom is 0.405 e. The van der Waals surface area contributed by atoms with Crippen LogP contribution in [-0.2, 0) is 0 Å². The second-order valence-corrected chi connectivity index (χ2v) is 2.57. The van der Waals surface area contributed by atoms with E-state index in [1.165, 1.54) is 0 Å². The molecule has 0 saturated carbocycles. The van der Waals surface area contributed by atoms with Crippen molar-refractivity contribution in [3.63, 3.8) is 0 Å². The molecule has 3 heteroatoms. The van der Waals surface area contributed by atoms with Crippen molar-refractivity contribution in [1.29, 1.82) is 0 Å². The van der Waals surface area contributed by atoms with E-state index in [-0.39, 0.29) is 6.04 Å². The molecule has 3 nitrogen and oxygen atoms in total. The van der Waals surface area contributed by atoms with Gasteiger partial charge >= 0.3 is 6.09 Å². The zero-order chi connectivity index (χ0) is 9.68. The van der Waals surface area contributed by atoms with Gasteiger partial charge in [-0.05, 0) is 5.56 Å². The van der Waals surface area contributed by atoms with Gasteiger partial charge in [-0.2, -0.15) is 0 Å². The fourth-order valence-electron chi connectivity index (χ4n) is 1.07. The van der Waals surface area contributed by atoms with Crippen LogP contribution in [0.15, 0.2) is 43.0 Å². The average molecular weight is 177 g/mol. The van der Waals surface area contributed by atoms with Crippen LogP contribution in [0, 0.1) is 0 Å². The average Bonchev–Trinajstić information content (AvgIpc) is 2.15. The van der Waals surface area contributed by atoms with Crippen LogP contribution in [0.3, 0.4) is 0 Å². The molecule has 0 radical (unpaired) electrons. The molecule has 0 fully saturated rings. The molecule has 0 aliphatic heterocycles. The monoisotopic (exact) mass is 177 g/mol. The Labute approximate surface area is 76.7 Å². The first-order valence-electron chi connectivity index (χ1n) is 3.91. The van der Waals surface area contributed by atoms with Crippen LogP contribution in [0.25, 0.3) is 0 Å². The number of rotatable bonds is 3. The molecule has 1 aromatic carbocycles. The minimum Gasteiger partial charge on any atom is -0.465 e. The smallest absolute Gasteiger partial charge is 0.405 e. The molecule has 0 unspecified atom stereocenters. The van der Waals surface area contributed by atoms with E-state index in [0.29, 0.717) is 0 Å². The first-order chi connectivity index (χ1) is 6.24. The number of amides is 1. The van der Waals surface area contributed by atoms with Gasteiger partial charge in [0.1, 0.15) is 0 Å². The summed E-state index contributed by atoms with van der Waals surface area (Å²) in [4.78, 5) is 10.4. The van der Waals surface area contributed by atoms with Crippen LogP contribution in [0.5, 0.6) is 0 Å². The van der Waals surface area contributed by atoms with Gasteiger partial charge in [0.25, 0.3) is 0 Å². The molecule has 13 heavy (non-hydrogen) atoms. The molecule has 68 valence electrons. The second-order valence-electron chi connectivity index (χ2n) is 2.57. The Hall–Kier alpha value is -1.77. The summed E-state index contributed by atoms with van der Waals surface area (Å²) in [5, 5.41) is 10.9. The lowest BCUT2D eigenvalue weighted by molar-refractivity contribution is 0.192. The molecule has 0 aliphatic rings. The quantitative estimate of drug-likeness (QED) is 0.695. The third kappa shape index (κ3) is 2.63. The first-order valence-corrected chi connectivity index (χ1v) is 3.91. The Bertz CT molecular complexity index is 295.